The van der Waals surface area contributed by atoms with E-state index in [9.17, 15) is 0 Å². The fraction of sp³-hybridized carbons (Fsp3) is 0.667. The maximum Gasteiger partial charge on any atom is 0.141 e. The minimum Gasteiger partial charge on any atom is -0.378 e. The van der Waals surface area contributed by atoms with Gasteiger partial charge in [-0.3, -0.25) is 0 Å². The van der Waals surface area contributed by atoms with Gasteiger partial charge in [0.2, 0.25) is 0 Å². The molecule has 0 amide bonds. The Morgan fingerprint density at radius 1 is 1.26 bits per heavy atom. The van der Waals surface area contributed by atoms with E-state index >= 15 is 0 Å². The molecule has 1 aliphatic carbocycles. The summed E-state index contributed by atoms with van der Waals surface area (Å²) in [5.41, 5.74) is 1.53. The number of rotatable bonds is 3. The van der Waals surface area contributed by atoms with Crippen LogP contribution in [0.2, 0.25) is 0 Å². The van der Waals surface area contributed by atoms with E-state index in [0.29, 0.717) is 0 Å². The van der Waals surface area contributed by atoms with Crippen LogP contribution >= 0.6 is 11.3 Å². The Balaban J connectivity index is 1.86. The van der Waals surface area contributed by atoms with Crippen LogP contribution in [0.3, 0.4) is 0 Å². The van der Waals surface area contributed by atoms with E-state index in [1.165, 1.54) is 40.9 Å². The average molecular weight is 331 g/mol. The molecule has 4 nitrogen and oxygen atoms in total. The van der Waals surface area contributed by atoms with Crippen LogP contribution in [0.25, 0.3) is 10.2 Å². The van der Waals surface area contributed by atoms with Crippen LogP contribution < -0.4 is 4.90 Å². The molecular formula is C18H25N3OS. The van der Waals surface area contributed by atoms with Crippen LogP contribution in [0.15, 0.2) is 0 Å². The van der Waals surface area contributed by atoms with Gasteiger partial charge < -0.3 is 9.64 Å². The van der Waals surface area contributed by atoms with Crippen molar-refractivity contribution in [1.29, 1.82) is 0 Å². The standard InChI is InChI=1S/C18H25N3OS/c1-3-4-15-19-17(21-7-9-22-10-8-21)16-13-6-5-12(2)11-14(13)23-18(16)20-15/h12H,3-11H2,1-2H3. The van der Waals surface area contributed by atoms with Crippen LogP contribution in [0.5, 0.6) is 0 Å². The third-order valence-electron chi connectivity index (χ3n) is 4.97. The number of anilines is 1. The molecule has 1 fully saturated rings. The quantitative estimate of drug-likeness (QED) is 0.861. The number of aromatic nitrogens is 2. The molecule has 124 valence electrons. The van der Waals surface area contributed by atoms with Crippen molar-refractivity contribution >= 4 is 27.4 Å². The minimum atomic E-state index is 0.797. The molecule has 2 aromatic rings. The Morgan fingerprint density at radius 2 is 2.09 bits per heavy atom. The van der Waals surface area contributed by atoms with Gasteiger partial charge in [0.05, 0.1) is 18.6 Å². The highest BCUT2D eigenvalue weighted by atomic mass is 32.1. The van der Waals surface area contributed by atoms with Gasteiger partial charge in [-0.2, -0.15) is 0 Å². The number of aryl methyl sites for hydroxylation is 2. The second-order valence-electron chi connectivity index (χ2n) is 6.84. The maximum atomic E-state index is 5.54. The van der Waals surface area contributed by atoms with Gasteiger partial charge >= 0.3 is 0 Å². The number of fused-ring (bicyclic) bond motifs is 3. The summed E-state index contributed by atoms with van der Waals surface area (Å²) in [4.78, 5) is 15.1. The highest BCUT2D eigenvalue weighted by Crippen LogP contribution is 2.41. The highest BCUT2D eigenvalue weighted by Gasteiger charge is 2.26. The van der Waals surface area contributed by atoms with E-state index < -0.39 is 0 Å². The molecule has 2 aliphatic rings. The van der Waals surface area contributed by atoms with Gasteiger partial charge in [-0.15, -0.1) is 11.3 Å². The van der Waals surface area contributed by atoms with E-state index in [-0.39, 0.29) is 0 Å². The summed E-state index contributed by atoms with van der Waals surface area (Å²) in [6, 6.07) is 0. The zero-order chi connectivity index (χ0) is 15.8. The molecule has 1 saturated heterocycles. The summed E-state index contributed by atoms with van der Waals surface area (Å²) in [5.74, 6) is 2.98. The first kappa shape index (κ1) is 15.3. The second-order valence-corrected chi connectivity index (χ2v) is 7.93. The van der Waals surface area contributed by atoms with Gasteiger partial charge in [0.15, 0.2) is 0 Å². The molecule has 2 aromatic heterocycles. The van der Waals surface area contributed by atoms with Crippen molar-refractivity contribution in [1.82, 2.24) is 9.97 Å². The van der Waals surface area contributed by atoms with Gasteiger partial charge in [-0.25, -0.2) is 9.97 Å². The van der Waals surface area contributed by atoms with Crippen molar-refractivity contribution in [2.75, 3.05) is 31.2 Å². The van der Waals surface area contributed by atoms with Gasteiger partial charge in [-0.05, 0) is 37.2 Å². The third-order valence-corrected chi connectivity index (χ3v) is 6.11. The number of hydrogen-bond acceptors (Lipinski definition) is 5. The largest absolute Gasteiger partial charge is 0.378 e. The molecule has 0 radical (unpaired) electrons. The van der Waals surface area contributed by atoms with Gasteiger partial charge in [0.1, 0.15) is 16.5 Å². The van der Waals surface area contributed by atoms with E-state index in [2.05, 4.69) is 18.7 Å². The van der Waals surface area contributed by atoms with Crippen molar-refractivity contribution in [3.8, 4) is 0 Å². The molecule has 3 heterocycles. The lowest BCUT2D eigenvalue weighted by Crippen LogP contribution is -2.37. The molecule has 0 spiro atoms. The molecule has 1 aliphatic heterocycles. The van der Waals surface area contributed by atoms with E-state index in [4.69, 9.17) is 14.7 Å². The number of thiophene rings is 1. The summed E-state index contributed by atoms with van der Waals surface area (Å²) < 4.78 is 5.54. The molecule has 1 unspecified atom stereocenters. The van der Waals surface area contributed by atoms with Crippen molar-refractivity contribution in [3.63, 3.8) is 0 Å². The molecule has 5 heteroatoms. The first-order chi connectivity index (χ1) is 11.3. The topological polar surface area (TPSA) is 38.2 Å². The molecule has 4 rings (SSSR count). The smallest absolute Gasteiger partial charge is 0.141 e. The number of nitrogens with zero attached hydrogens (tertiary/aromatic N) is 3. The Labute approximate surface area is 141 Å². The van der Waals surface area contributed by atoms with Crippen LogP contribution in [-0.2, 0) is 24.0 Å². The molecule has 0 saturated carbocycles. The fourth-order valence-electron chi connectivity index (χ4n) is 3.71. The Morgan fingerprint density at radius 3 is 2.87 bits per heavy atom. The van der Waals surface area contributed by atoms with Crippen LogP contribution in [0.1, 0.15) is 43.0 Å². The normalized spacial score (nSPS) is 21.7. The fourth-order valence-corrected chi connectivity index (χ4v) is 5.10. The lowest BCUT2D eigenvalue weighted by Gasteiger charge is -2.29. The van der Waals surface area contributed by atoms with E-state index in [1.807, 2.05) is 11.3 Å². The van der Waals surface area contributed by atoms with Gasteiger partial charge in [0.25, 0.3) is 0 Å². The minimum absolute atomic E-state index is 0.797. The van der Waals surface area contributed by atoms with Crippen LogP contribution in [0.4, 0.5) is 5.82 Å². The van der Waals surface area contributed by atoms with Crippen LogP contribution in [-0.4, -0.2) is 36.3 Å². The van der Waals surface area contributed by atoms with Crippen molar-refractivity contribution < 1.29 is 4.74 Å². The summed E-state index contributed by atoms with van der Waals surface area (Å²) in [6.07, 6.45) is 5.74. The maximum absolute atomic E-state index is 5.54. The summed E-state index contributed by atoms with van der Waals surface area (Å²) in [7, 11) is 0. The average Bonchev–Trinajstić information content (AvgIpc) is 2.92. The second kappa shape index (κ2) is 6.36. The molecule has 1 atom stereocenters. The number of hydrogen-bond donors (Lipinski definition) is 0. The first-order valence-electron chi connectivity index (χ1n) is 8.90. The van der Waals surface area contributed by atoms with E-state index in [0.717, 1.165) is 50.9 Å². The lowest BCUT2D eigenvalue weighted by molar-refractivity contribution is 0.122. The summed E-state index contributed by atoms with van der Waals surface area (Å²) in [6.45, 7) is 8.06. The SMILES string of the molecule is CCCc1nc(N2CCOCC2)c2c3c(sc2n1)CC(C)CC3. The molecular weight excluding hydrogens is 306 g/mol. The Hall–Kier alpha value is -1.20. The summed E-state index contributed by atoms with van der Waals surface area (Å²) >= 11 is 1.91. The van der Waals surface area contributed by atoms with Gasteiger partial charge in [-0.1, -0.05) is 13.8 Å². The zero-order valence-electron chi connectivity index (χ0n) is 14.1. The predicted octanol–water partition coefficient (Wildman–Crippen LogP) is 3.61. The monoisotopic (exact) mass is 331 g/mol. The highest BCUT2D eigenvalue weighted by molar-refractivity contribution is 7.19. The van der Waals surface area contributed by atoms with Crippen molar-refractivity contribution in [3.05, 3.63) is 16.3 Å². The van der Waals surface area contributed by atoms with Gasteiger partial charge in [0, 0.05) is 24.4 Å². The third kappa shape index (κ3) is 2.85. The zero-order valence-corrected chi connectivity index (χ0v) is 14.9. The molecule has 0 aromatic carbocycles. The Bertz CT molecular complexity index is 706. The van der Waals surface area contributed by atoms with Crippen LogP contribution in [0, 0.1) is 5.92 Å². The van der Waals surface area contributed by atoms with Crippen molar-refractivity contribution in [2.45, 2.75) is 46.0 Å². The number of morpholine rings is 1. The van der Waals surface area contributed by atoms with Crippen molar-refractivity contribution in [2.24, 2.45) is 5.92 Å². The Kier molecular flexibility index (Phi) is 4.24. The lowest BCUT2D eigenvalue weighted by atomic mass is 9.89. The number of ether oxygens (including phenoxy) is 1. The molecule has 0 bridgehead atoms. The summed E-state index contributed by atoms with van der Waals surface area (Å²) in [5, 5.41) is 1.35. The first-order valence-corrected chi connectivity index (χ1v) is 9.71. The molecule has 0 N–H and O–H groups in total. The predicted molar refractivity (Wildman–Crippen MR) is 95.6 cm³/mol. The molecule has 23 heavy (non-hydrogen) atoms. The van der Waals surface area contributed by atoms with E-state index in [1.54, 1.807) is 4.88 Å².